The van der Waals surface area contributed by atoms with Crippen molar-refractivity contribution in [3.8, 4) is 11.9 Å². The summed E-state index contributed by atoms with van der Waals surface area (Å²) in [5.41, 5.74) is 1.14. The molecule has 0 amide bonds. The van der Waals surface area contributed by atoms with Gasteiger partial charge in [0.25, 0.3) is 0 Å². The Morgan fingerprint density at radius 1 is 1.27 bits per heavy atom. The predicted octanol–water partition coefficient (Wildman–Crippen LogP) is 3.04. The maximum absolute atomic E-state index is 12.6. The van der Waals surface area contributed by atoms with Crippen LogP contribution in [0.4, 0.5) is 19.0 Å². The fraction of sp³-hybridized carbons (Fsp3) is 0.412. The Labute approximate surface area is 148 Å². The van der Waals surface area contributed by atoms with E-state index in [-0.39, 0.29) is 12.0 Å². The van der Waals surface area contributed by atoms with Crippen LogP contribution < -0.4 is 9.64 Å². The lowest BCUT2D eigenvalue weighted by Gasteiger charge is -2.19. The van der Waals surface area contributed by atoms with Crippen LogP contribution in [0.25, 0.3) is 0 Å². The molecule has 9 heteroatoms. The molecule has 0 saturated carbocycles. The van der Waals surface area contributed by atoms with Crippen LogP contribution in [0, 0.1) is 25.2 Å². The lowest BCUT2D eigenvalue weighted by molar-refractivity contribution is -0.137. The lowest BCUT2D eigenvalue weighted by atomic mass is 10.1. The van der Waals surface area contributed by atoms with Crippen molar-refractivity contribution in [2.45, 2.75) is 32.5 Å². The molecule has 1 fully saturated rings. The van der Waals surface area contributed by atoms with Crippen molar-refractivity contribution in [1.29, 1.82) is 5.26 Å². The fourth-order valence-electron chi connectivity index (χ4n) is 2.76. The van der Waals surface area contributed by atoms with Crippen LogP contribution in [-0.4, -0.2) is 34.4 Å². The summed E-state index contributed by atoms with van der Waals surface area (Å²) < 4.78 is 43.4. The monoisotopic (exact) mass is 363 g/mol. The molecule has 0 bridgehead atoms. The third-order valence-corrected chi connectivity index (χ3v) is 4.34. The highest BCUT2D eigenvalue weighted by Gasteiger charge is 2.31. The molecule has 3 rings (SSSR count). The molecule has 2 aromatic heterocycles. The van der Waals surface area contributed by atoms with E-state index in [0.717, 1.165) is 17.8 Å². The second-order valence-corrected chi connectivity index (χ2v) is 6.08. The number of aryl methyl sites for hydroxylation is 1. The highest BCUT2D eigenvalue weighted by Crippen LogP contribution is 2.30. The standard InChI is InChI=1S/C17H16F3N5O/c1-10-11(2)23-24-16(14(10)7-21)25-6-5-13(9-25)26-15-4-3-12(8-22-15)17(18,19)20/h3-4,8,13H,5-6,9H2,1-2H3. The van der Waals surface area contributed by atoms with Gasteiger partial charge in [0.2, 0.25) is 5.88 Å². The van der Waals surface area contributed by atoms with E-state index >= 15 is 0 Å². The minimum absolute atomic E-state index is 0.136. The first-order valence-corrected chi connectivity index (χ1v) is 7.98. The highest BCUT2D eigenvalue weighted by molar-refractivity contribution is 5.58. The molecule has 0 N–H and O–H groups in total. The molecule has 1 atom stereocenters. The topological polar surface area (TPSA) is 74.9 Å². The number of ether oxygens (including phenoxy) is 1. The van der Waals surface area contributed by atoms with E-state index in [1.807, 2.05) is 11.8 Å². The van der Waals surface area contributed by atoms with E-state index in [9.17, 15) is 18.4 Å². The second kappa shape index (κ2) is 6.78. The Morgan fingerprint density at radius 3 is 2.65 bits per heavy atom. The van der Waals surface area contributed by atoms with Gasteiger partial charge < -0.3 is 9.64 Å². The van der Waals surface area contributed by atoms with Gasteiger partial charge in [-0.05, 0) is 25.5 Å². The van der Waals surface area contributed by atoms with Crippen molar-refractivity contribution in [3.63, 3.8) is 0 Å². The van der Waals surface area contributed by atoms with Crippen LogP contribution >= 0.6 is 0 Å². The summed E-state index contributed by atoms with van der Waals surface area (Å²) in [5, 5.41) is 17.6. The van der Waals surface area contributed by atoms with E-state index in [0.29, 0.717) is 36.6 Å². The van der Waals surface area contributed by atoms with Gasteiger partial charge in [-0.25, -0.2) is 4.98 Å². The van der Waals surface area contributed by atoms with Crippen LogP contribution in [0.2, 0.25) is 0 Å². The first kappa shape index (κ1) is 17.9. The number of rotatable bonds is 3. The number of anilines is 1. The van der Waals surface area contributed by atoms with Crippen LogP contribution in [0.5, 0.6) is 5.88 Å². The summed E-state index contributed by atoms with van der Waals surface area (Å²) in [4.78, 5) is 5.62. The summed E-state index contributed by atoms with van der Waals surface area (Å²) in [5.74, 6) is 0.638. The van der Waals surface area contributed by atoms with Gasteiger partial charge in [0, 0.05) is 25.2 Å². The third-order valence-electron chi connectivity index (χ3n) is 4.34. The summed E-state index contributed by atoms with van der Waals surface area (Å²) in [6.07, 6.45) is -3.28. The molecule has 0 radical (unpaired) electrons. The minimum Gasteiger partial charge on any atom is -0.472 e. The Balaban J connectivity index is 1.70. The molecular formula is C17H16F3N5O. The Bertz CT molecular complexity index is 845. The average molecular weight is 363 g/mol. The van der Waals surface area contributed by atoms with E-state index in [4.69, 9.17) is 4.74 Å². The van der Waals surface area contributed by atoms with Gasteiger partial charge in [0.15, 0.2) is 5.82 Å². The highest BCUT2D eigenvalue weighted by atomic mass is 19.4. The van der Waals surface area contributed by atoms with Crippen LogP contribution in [-0.2, 0) is 6.18 Å². The number of nitriles is 1. The van der Waals surface area contributed by atoms with Gasteiger partial charge in [-0.3, -0.25) is 0 Å². The van der Waals surface area contributed by atoms with Crippen molar-refractivity contribution in [1.82, 2.24) is 15.2 Å². The minimum atomic E-state index is -4.43. The largest absolute Gasteiger partial charge is 0.472 e. The van der Waals surface area contributed by atoms with Crippen molar-refractivity contribution in [3.05, 3.63) is 40.7 Å². The van der Waals surface area contributed by atoms with Crippen molar-refractivity contribution in [2.24, 2.45) is 0 Å². The van der Waals surface area contributed by atoms with E-state index in [2.05, 4.69) is 21.3 Å². The quantitative estimate of drug-likeness (QED) is 0.834. The molecule has 0 aromatic carbocycles. The first-order chi connectivity index (χ1) is 12.3. The molecule has 6 nitrogen and oxygen atoms in total. The Morgan fingerprint density at radius 2 is 2.04 bits per heavy atom. The van der Waals surface area contributed by atoms with Gasteiger partial charge in [-0.2, -0.15) is 23.5 Å². The average Bonchev–Trinajstić information content (AvgIpc) is 3.05. The molecule has 0 spiro atoms. The number of pyridine rings is 1. The van der Waals surface area contributed by atoms with Crippen LogP contribution in [0.1, 0.15) is 28.8 Å². The molecule has 0 aliphatic carbocycles. The number of hydrogen-bond donors (Lipinski definition) is 0. The van der Waals surface area contributed by atoms with E-state index in [1.54, 1.807) is 6.92 Å². The maximum Gasteiger partial charge on any atom is 0.417 e. The molecule has 26 heavy (non-hydrogen) atoms. The number of alkyl halides is 3. The summed E-state index contributed by atoms with van der Waals surface area (Å²) in [6, 6.07) is 4.32. The number of hydrogen-bond acceptors (Lipinski definition) is 6. The van der Waals surface area contributed by atoms with Crippen LogP contribution in [0.15, 0.2) is 18.3 Å². The van der Waals surface area contributed by atoms with Gasteiger partial charge in [0.05, 0.1) is 17.8 Å². The van der Waals surface area contributed by atoms with Gasteiger partial charge in [0.1, 0.15) is 17.7 Å². The SMILES string of the molecule is Cc1nnc(N2CCC(Oc3ccc(C(F)(F)F)cn3)C2)c(C#N)c1C. The zero-order chi connectivity index (χ0) is 18.9. The van der Waals surface area contributed by atoms with Gasteiger partial charge in [-0.1, -0.05) is 0 Å². The molecule has 1 unspecified atom stereocenters. The van der Waals surface area contributed by atoms with Crippen LogP contribution in [0.3, 0.4) is 0 Å². The first-order valence-electron chi connectivity index (χ1n) is 7.98. The summed E-state index contributed by atoms with van der Waals surface area (Å²) in [7, 11) is 0. The molecule has 136 valence electrons. The Hall–Kier alpha value is -2.89. The van der Waals surface area contributed by atoms with E-state index in [1.165, 1.54) is 6.07 Å². The second-order valence-electron chi connectivity index (χ2n) is 6.08. The maximum atomic E-state index is 12.6. The zero-order valence-electron chi connectivity index (χ0n) is 14.2. The molecule has 1 aliphatic heterocycles. The predicted molar refractivity (Wildman–Crippen MR) is 86.7 cm³/mol. The fourth-order valence-corrected chi connectivity index (χ4v) is 2.76. The third kappa shape index (κ3) is 3.54. The number of aromatic nitrogens is 3. The molecule has 3 heterocycles. The number of halogens is 3. The van der Waals surface area contributed by atoms with E-state index < -0.39 is 11.7 Å². The summed E-state index contributed by atoms with van der Waals surface area (Å²) in [6.45, 7) is 4.67. The van der Waals surface area contributed by atoms with Crippen molar-refractivity contribution >= 4 is 5.82 Å². The smallest absolute Gasteiger partial charge is 0.417 e. The van der Waals surface area contributed by atoms with Crippen molar-refractivity contribution < 1.29 is 17.9 Å². The van der Waals surface area contributed by atoms with Gasteiger partial charge >= 0.3 is 6.18 Å². The molecule has 1 saturated heterocycles. The Kier molecular flexibility index (Phi) is 4.68. The van der Waals surface area contributed by atoms with Crippen molar-refractivity contribution in [2.75, 3.05) is 18.0 Å². The molecule has 2 aromatic rings. The summed E-state index contributed by atoms with van der Waals surface area (Å²) >= 11 is 0. The molecule has 1 aliphatic rings. The lowest BCUT2D eigenvalue weighted by Crippen LogP contribution is -2.27. The number of nitrogens with zero attached hydrogens (tertiary/aromatic N) is 5. The van der Waals surface area contributed by atoms with Gasteiger partial charge in [-0.15, -0.1) is 5.10 Å². The normalized spacial score (nSPS) is 17.2. The zero-order valence-corrected chi connectivity index (χ0v) is 14.2. The molecular weight excluding hydrogens is 347 g/mol.